The van der Waals surface area contributed by atoms with Gasteiger partial charge >= 0.3 is 0 Å². The van der Waals surface area contributed by atoms with Crippen molar-refractivity contribution in [1.29, 1.82) is 0 Å². The molecule has 2 heterocycles. The molecule has 18 heavy (non-hydrogen) atoms. The number of hydrogen-bond acceptors (Lipinski definition) is 4. The van der Waals surface area contributed by atoms with Gasteiger partial charge in [-0.25, -0.2) is 0 Å². The molecule has 0 bridgehead atoms. The van der Waals surface area contributed by atoms with E-state index in [1.807, 2.05) is 26.0 Å². The molecule has 0 aliphatic rings. The van der Waals surface area contributed by atoms with Crippen LogP contribution in [0.3, 0.4) is 0 Å². The van der Waals surface area contributed by atoms with E-state index in [9.17, 15) is 4.79 Å². The lowest BCUT2D eigenvalue weighted by molar-refractivity contribution is 0.0935. The number of H-pyrrole nitrogens is 1. The topological polar surface area (TPSA) is 83.6 Å². The number of rotatable bonds is 4. The number of nitrogens with zero attached hydrogens (tertiary/aromatic N) is 3. The standard InChI is InChI=1S/C12H15N5O/c1-8-4-3-5-13-10(8)6-9(2)15-12(18)11-7-14-17-16-11/h3-5,7,9H,6H2,1-2H3,(H,15,18)(H,14,16,17). The fraction of sp³-hybridized carbons (Fsp3) is 0.333. The van der Waals surface area contributed by atoms with Crippen molar-refractivity contribution in [2.45, 2.75) is 26.3 Å². The summed E-state index contributed by atoms with van der Waals surface area (Å²) in [7, 11) is 0. The summed E-state index contributed by atoms with van der Waals surface area (Å²) < 4.78 is 0. The molecule has 0 aromatic carbocycles. The predicted molar refractivity (Wildman–Crippen MR) is 66.0 cm³/mol. The van der Waals surface area contributed by atoms with Crippen LogP contribution in [0, 0.1) is 6.92 Å². The highest BCUT2D eigenvalue weighted by Gasteiger charge is 2.13. The maximum atomic E-state index is 11.7. The summed E-state index contributed by atoms with van der Waals surface area (Å²) in [6.45, 7) is 3.95. The average molecular weight is 245 g/mol. The van der Waals surface area contributed by atoms with Gasteiger partial charge in [-0.1, -0.05) is 6.07 Å². The second-order valence-electron chi connectivity index (χ2n) is 4.20. The van der Waals surface area contributed by atoms with Crippen LogP contribution < -0.4 is 5.32 Å². The van der Waals surface area contributed by atoms with Gasteiger partial charge in [0.15, 0.2) is 5.69 Å². The summed E-state index contributed by atoms with van der Waals surface area (Å²) in [5, 5.41) is 12.6. The fourth-order valence-electron chi connectivity index (χ4n) is 1.68. The van der Waals surface area contributed by atoms with E-state index >= 15 is 0 Å². The van der Waals surface area contributed by atoms with Crippen molar-refractivity contribution in [3.05, 3.63) is 41.5 Å². The summed E-state index contributed by atoms with van der Waals surface area (Å²) in [4.78, 5) is 16.0. The van der Waals surface area contributed by atoms with E-state index in [1.165, 1.54) is 6.20 Å². The Hall–Kier alpha value is -2.24. The first-order chi connectivity index (χ1) is 8.66. The third kappa shape index (κ3) is 2.91. The van der Waals surface area contributed by atoms with Crippen LogP contribution in [0.1, 0.15) is 28.7 Å². The van der Waals surface area contributed by atoms with Crippen LogP contribution in [0.4, 0.5) is 0 Å². The first kappa shape index (κ1) is 12.2. The molecule has 1 unspecified atom stereocenters. The van der Waals surface area contributed by atoms with Crippen LogP contribution in [-0.2, 0) is 6.42 Å². The normalized spacial score (nSPS) is 12.1. The maximum Gasteiger partial charge on any atom is 0.273 e. The molecule has 6 nitrogen and oxygen atoms in total. The fourth-order valence-corrected chi connectivity index (χ4v) is 1.68. The lowest BCUT2D eigenvalue weighted by atomic mass is 10.1. The zero-order valence-electron chi connectivity index (χ0n) is 10.3. The molecular formula is C12H15N5O. The van der Waals surface area contributed by atoms with E-state index in [2.05, 4.69) is 25.7 Å². The zero-order chi connectivity index (χ0) is 13.0. The largest absolute Gasteiger partial charge is 0.348 e. The van der Waals surface area contributed by atoms with E-state index < -0.39 is 0 Å². The molecule has 2 N–H and O–H groups in total. The van der Waals surface area contributed by atoms with E-state index in [-0.39, 0.29) is 11.9 Å². The second-order valence-corrected chi connectivity index (χ2v) is 4.20. The Kier molecular flexibility index (Phi) is 3.66. The van der Waals surface area contributed by atoms with Gasteiger partial charge in [-0.2, -0.15) is 15.4 Å². The zero-order valence-corrected chi connectivity index (χ0v) is 10.3. The highest BCUT2D eigenvalue weighted by atomic mass is 16.2. The van der Waals surface area contributed by atoms with E-state index in [0.29, 0.717) is 12.1 Å². The molecule has 0 aliphatic heterocycles. The van der Waals surface area contributed by atoms with E-state index in [1.54, 1.807) is 6.20 Å². The Morgan fingerprint density at radius 2 is 2.39 bits per heavy atom. The van der Waals surface area contributed by atoms with Gasteiger partial charge in [-0.05, 0) is 25.5 Å². The molecule has 0 radical (unpaired) electrons. The van der Waals surface area contributed by atoms with Crippen molar-refractivity contribution < 1.29 is 4.79 Å². The van der Waals surface area contributed by atoms with Crippen molar-refractivity contribution in [2.75, 3.05) is 0 Å². The number of hydrogen-bond donors (Lipinski definition) is 2. The molecule has 2 rings (SSSR count). The summed E-state index contributed by atoms with van der Waals surface area (Å²) in [5.41, 5.74) is 2.41. The number of carbonyl (C=O) groups excluding carboxylic acids is 1. The molecule has 1 atom stereocenters. The highest BCUT2D eigenvalue weighted by molar-refractivity contribution is 5.91. The molecule has 94 valence electrons. The van der Waals surface area contributed by atoms with Crippen LogP contribution in [0.15, 0.2) is 24.5 Å². The number of carbonyl (C=O) groups is 1. The summed E-state index contributed by atoms with van der Waals surface area (Å²) in [5.74, 6) is -0.232. The first-order valence-electron chi connectivity index (χ1n) is 5.74. The molecular weight excluding hydrogens is 230 g/mol. The van der Waals surface area contributed by atoms with Gasteiger partial charge in [0.1, 0.15) is 0 Å². The number of aromatic nitrogens is 4. The lowest BCUT2D eigenvalue weighted by Crippen LogP contribution is -2.34. The number of aromatic amines is 1. The first-order valence-corrected chi connectivity index (χ1v) is 5.74. The quantitative estimate of drug-likeness (QED) is 0.837. The molecule has 0 aliphatic carbocycles. The maximum absolute atomic E-state index is 11.7. The SMILES string of the molecule is Cc1cccnc1CC(C)NC(=O)c1cn[nH]n1. The molecule has 1 amide bonds. The Labute approximate surface area is 105 Å². The Morgan fingerprint density at radius 1 is 1.56 bits per heavy atom. The van der Waals surface area contributed by atoms with E-state index in [0.717, 1.165) is 11.3 Å². The Bertz CT molecular complexity index is 523. The molecule has 0 fully saturated rings. The van der Waals surface area contributed by atoms with Crippen molar-refractivity contribution in [3.8, 4) is 0 Å². The molecule has 0 saturated heterocycles. The van der Waals surface area contributed by atoms with Crippen LogP contribution in [-0.4, -0.2) is 32.3 Å². The molecule has 6 heteroatoms. The van der Waals surface area contributed by atoms with Crippen LogP contribution in [0.25, 0.3) is 0 Å². The van der Waals surface area contributed by atoms with Crippen molar-refractivity contribution >= 4 is 5.91 Å². The summed E-state index contributed by atoms with van der Waals surface area (Å²) in [6.07, 6.45) is 3.85. The van der Waals surface area contributed by atoms with Crippen LogP contribution >= 0.6 is 0 Å². The minimum atomic E-state index is -0.232. The number of nitrogens with one attached hydrogen (secondary N) is 2. The smallest absolute Gasteiger partial charge is 0.273 e. The average Bonchev–Trinajstić information content (AvgIpc) is 2.85. The Balaban J connectivity index is 1.95. The van der Waals surface area contributed by atoms with Crippen molar-refractivity contribution in [1.82, 2.24) is 25.7 Å². The van der Waals surface area contributed by atoms with Gasteiger partial charge in [0, 0.05) is 24.4 Å². The number of amides is 1. The minimum absolute atomic E-state index is 0.0113. The lowest BCUT2D eigenvalue weighted by Gasteiger charge is -2.13. The van der Waals surface area contributed by atoms with Crippen LogP contribution in [0.5, 0.6) is 0 Å². The van der Waals surface area contributed by atoms with E-state index in [4.69, 9.17) is 0 Å². The predicted octanol–water partition coefficient (Wildman–Crippen LogP) is 0.869. The monoisotopic (exact) mass is 245 g/mol. The van der Waals surface area contributed by atoms with Crippen LogP contribution in [0.2, 0.25) is 0 Å². The van der Waals surface area contributed by atoms with Gasteiger partial charge < -0.3 is 5.32 Å². The summed E-state index contributed by atoms with van der Waals surface area (Å²) in [6, 6.07) is 3.90. The van der Waals surface area contributed by atoms with Gasteiger partial charge in [-0.15, -0.1) is 0 Å². The second kappa shape index (κ2) is 5.39. The Morgan fingerprint density at radius 3 is 3.06 bits per heavy atom. The number of pyridine rings is 1. The molecule has 0 saturated carbocycles. The molecule has 2 aromatic rings. The van der Waals surface area contributed by atoms with Crippen molar-refractivity contribution in [3.63, 3.8) is 0 Å². The minimum Gasteiger partial charge on any atom is -0.348 e. The van der Waals surface area contributed by atoms with Gasteiger partial charge in [0.05, 0.1) is 6.20 Å². The number of aryl methyl sites for hydroxylation is 1. The summed E-state index contributed by atoms with van der Waals surface area (Å²) >= 11 is 0. The molecule has 0 spiro atoms. The highest BCUT2D eigenvalue weighted by Crippen LogP contribution is 2.06. The third-order valence-electron chi connectivity index (χ3n) is 2.64. The third-order valence-corrected chi connectivity index (χ3v) is 2.64. The van der Waals surface area contributed by atoms with Gasteiger partial charge in [0.2, 0.25) is 0 Å². The van der Waals surface area contributed by atoms with Crippen molar-refractivity contribution in [2.24, 2.45) is 0 Å². The van der Waals surface area contributed by atoms with Gasteiger partial charge in [0.25, 0.3) is 5.91 Å². The molecule has 2 aromatic heterocycles. The van der Waals surface area contributed by atoms with Gasteiger partial charge in [-0.3, -0.25) is 9.78 Å².